The van der Waals surface area contributed by atoms with Gasteiger partial charge in [-0.15, -0.1) is 0 Å². The van der Waals surface area contributed by atoms with E-state index >= 15 is 0 Å². The van der Waals surface area contributed by atoms with E-state index in [1.165, 1.54) is 19.2 Å². The summed E-state index contributed by atoms with van der Waals surface area (Å²) in [5.41, 5.74) is 6.63. The van der Waals surface area contributed by atoms with E-state index in [0.717, 1.165) is 18.4 Å². The normalized spacial score (nSPS) is 12.8. The molecule has 2 nitrogen and oxygen atoms in total. The second kappa shape index (κ2) is 7.12. The Balaban J connectivity index is 0.000000774. The smallest absolute Gasteiger partial charge is 0.130 e. The number of hydrogen-bond acceptors (Lipinski definition) is 2. The van der Waals surface area contributed by atoms with Gasteiger partial charge in [0.2, 0.25) is 0 Å². The molecule has 0 saturated heterocycles. The van der Waals surface area contributed by atoms with Crippen molar-refractivity contribution < 1.29 is 9.13 Å². The van der Waals surface area contributed by atoms with Crippen molar-refractivity contribution >= 4 is 23.2 Å². The molecule has 0 radical (unpaired) electrons. The molecule has 2 aromatic carbocycles. The number of ether oxygens (including phenoxy) is 1. The van der Waals surface area contributed by atoms with Crippen molar-refractivity contribution in [3.05, 3.63) is 51.8 Å². The van der Waals surface area contributed by atoms with Crippen LogP contribution in [0.3, 0.4) is 0 Å². The third-order valence-corrected chi connectivity index (χ3v) is 3.83. The van der Waals surface area contributed by atoms with Gasteiger partial charge in [0, 0.05) is 11.1 Å². The summed E-state index contributed by atoms with van der Waals surface area (Å²) in [4.78, 5) is 0. The number of halogens is 3. The van der Waals surface area contributed by atoms with Crippen LogP contribution in [-0.4, -0.2) is 13.7 Å². The molecule has 0 spiro atoms. The summed E-state index contributed by atoms with van der Waals surface area (Å²) in [5.74, 6) is 0.401. The van der Waals surface area contributed by atoms with Gasteiger partial charge in [0.05, 0.1) is 16.7 Å². The summed E-state index contributed by atoms with van der Waals surface area (Å²) in [6, 6.07) is 8.19. The summed E-state index contributed by atoms with van der Waals surface area (Å²) in [5, 5.41) is 0.990. The Hall–Kier alpha value is -1.29. The first-order chi connectivity index (χ1) is 10.2. The van der Waals surface area contributed by atoms with Crippen molar-refractivity contribution in [3.63, 3.8) is 0 Å². The monoisotopic (exact) mass is 327 g/mol. The highest BCUT2D eigenvalue weighted by Crippen LogP contribution is 2.43. The third kappa shape index (κ3) is 3.31. The van der Waals surface area contributed by atoms with E-state index in [2.05, 4.69) is 5.73 Å². The number of aryl methyl sites for hydroxylation is 1. The average molecular weight is 328 g/mol. The van der Waals surface area contributed by atoms with Crippen LogP contribution in [0.2, 0.25) is 10.0 Å². The number of nitrogens with two attached hydrogens (primary N) is 1. The number of fused-ring (bicyclic) bond motifs is 1. The van der Waals surface area contributed by atoms with E-state index in [1.807, 2.05) is 0 Å². The van der Waals surface area contributed by atoms with Crippen molar-refractivity contribution in [2.24, 2.45) is 5.73 Å². The lowest BCUT2D eigenvalue weighted by molar-refractivity contribution is 0.289. The molecule has 0 amide bonds. The molecule has 5 heteroatoms. The molecular formula is C16H16Cl2FNO. The van der Waals surface area contributed by atoms with Crippen LogP contribution in [0.25, 0.3) is 11.1 Å². The molecule has 0 bridgehead atoms. The SMILES string of the molecule is CN.Fc1cc2c(c(-c3c(Cl)cccc3Cl)c1)OCCC2. The van der Waals surface area contributed by atoms with Crippen LogP contribution in [0.5, 0.6) is 5.75 Å². The Morgan fingerprint density at radius 3 is 2.48 bits per heavy atom. The maximum Gasteiger partial charge on any atom is 0.130 e. The largest absolute Gasteiger partial charge is 0.493 e. The molecule has 3 rings (SSSR count). The topological polar surface area (TPSA) is 35.2 Å². The molecule has 2 aromatic rings. The highest BCUT2D eigenvalue weighted by atomic mass is 35.5. The minimum absolute atomic E-state index is 0.296. The zero-order valence-corrected chi connectivity index (χ0v) is 13.1. The molecule has 0 unspecified atom stereocenters. The van der Waals surface area contributed by atoms with Gasteiger partial charge in [0.1, 0.15) is 11.6 Å². The molecule has 0 aromatic heterocycles. The van der Waals surface area contributed by atoms with Gasteiger partial charge in [-0.1, -0.05) is 29.3 Å². The lowest BCUT2D eigenvalue weighted by Crippen LogP contribution is -2.10. The fourth-order valence-electron chi connectivity index (χ4n) is 2.38. The van der Waals surface area contributed by atoms with Crippen LogP contribution in [0.4, 0.5) is 4.39 Å². The Bertz CT molecular complexity index is 626. The Labute approximate surface area is 133 Å². The fourth-order valence-corrected chi connectivity index (χ4v) is 2.98. The first-order valence-electron chi connectivity index (χ1n) is 6.64. The van der Waals surface area contributed by atoms with Gasteiger partial charge in [-0.25, -0.2) is 4.39 Å². The number of hydrogen-bond donors (Lipinski definition) is 1. The first-order valence-corrected chi connectivity index (χ1v) is 7.40. The summed E-state index contributed by atoms with van der Waals surface area (Å²) in [6.07, 6.45) is 1.70. The van der Waals surface area contributed by atoms with Crippen LogP contribution < -0.4 is 10.5 Å². The lowest BCUT2D eigenvalue weighted by Gasteiger charge is -2.21. The van der Waals surface area contributed by atoms with Crippen molar-refractivity contribution in [1.82, 2.24) is 0 Å². The highest BCUT2D eigenvalue weighted by Gasteiger charge is 2.20. The van der Waals surface area contributed by atoms with E-state index in [-0.39, 0.29) is 5.82 Å². The lowest BCUT2D eigenvalue weighted by atomic mass is 9.97. The maximum absolute atomic E-state index is 13.8. The molecule has 112 valence electrons. The molecule has 0 atom stereocenters. The molecule has 1 heterocycles. The Kier molecular flexibility index (Phi) is 5.45. The summed E-state index contributed by atoms with van der Waals surface area (Å²) >= 11 is 12.4. The summed E-state index contributed by atoms with van der Waals surface area (Å²) in [6.45, 7) is 0.633. The van der Waals surface area contributed by atoms with Gasteiger partial charge in [-0.05, 0) is 49.7 Å². The van der Waals surface area contributed by atoms with Crippen molar-refractivity contribution in [1.29, 1.82) is 0 Å². The van der Waals surface area contributed by atoms with Crippen molar-refractivity contribution in [2.75, 3.05) is 13.7 Å². The molecule has 21 heavy (non-hydrogen) atoms. The summed E-state index contributed by atoms with van der Waals surface area (Å²) < 4.78 is 19.5. The zero-order chi connectivity index (χ0) is 15.4. The minimum atomic E-state index is -0.296. The van der Waals surface area contributed by atoms with Crippen molar-refractivity contribution in [3.8, 4) is 16.9 Å². The van der Waals surface area contributed by atoms with E-state index in [4.69, 9.17) is 27.9 Å². The molecule has 0 aliphatic carbocycles. The fraction of sp³-hybridized carbons (Fsp3) is 0.250. The van der Waals surface area contributed by atoms with Gasteiger partial charge in [0.25, 0.3) is 0 Å². The second-order valence-corrected chi connectivity index (χ2v) is 5.30. The van der Waals surface area contributed by atoms with E-state index in [0.29, 0.717) is 33.5 Å². The third-order valence-electron chi connectivity index (χ3n) is 3.20. The Morgan fingerprint density at radius 1 is 1.14 bits per heavy atom. The van der Waals surface area contributed by atoms with Gasteiger partial charge in [0.15, 0.2) is 0 Å². The maximum atomic E-state index is 13.8. The van der Waals surface area contributed by atoms with Gasteiger partial charge < -0.3 is 10.5 Å². The highest BCUT2D eigenvalue weighted by molar-refractivity contribution is 6.39. The molecule has 0 saturated carbocycles. The first kappa shape index (κ1) is 16.1. The van der Waals surface area contributed by atoms with Crippen LogP contribution in [0.1, 0.15) is 12.0 Å². The van der Waals surface area contributed by atoms with Crippen LogP contribution >= 0.6 is 23.2 Å². The second-order valence-electron chi connectivity index (χ2n) is 4.49. The molecular weight excluding hydrogens is 312 g/mol. The molecule has 1 aliphatic heterocycles. The standard InChI is InChI=1S/C15H11Cl2FO.CH5N/c16-12-4-1-5-13(17)14(12)11-8-10(18)7-9-3-2-6-19-15(9)11;1-2/h1,4-5,7-8H,2-3,6H2;2H2,1H3. The van der Waals surface area contributed by atoms with E-state index in [1.54, 1.807) is 18.2 Å². The van der Waals surface area contributed by atoms with Gasteiger partial charge in [-0.2, -0.15) is 0 Å². The van der Waals surface area contributed by atoms with Crippen molar-refractivity contribution in [2.45, 2.75) is 12.8 Å². The average Bonchev–Trinajstić information content (AvgIpc) is 2.49. The predicted molar refractivity (Wildman–Crippen MR) is 85.8 cm³/mol. The van der Waals surface area contributed by atoms with E-state index < -0.39 is 0 Å². The number of benzene rings is 2. The van der Waals surface area contributed by atoms with Gasteiger partial charge in [-0.3, -0.25) is 0 Å². The van der Waals surface area contributed by atoms with Crippen LogP contribution in [0.15, 0.2) is 30.3 Å². The summed E-state index contributed by atoms with van der Waals surface area (Å²) in [7, 11) is 1.50. The molecule has 1 aliphatic rings. The van der Waals surface area contributed by atoms with Gasteiger partial charge >= 0.3 is 0 Å². The van der Waals surface area contributed by atoms with E-state index in [9.17, 15) is 4.39 Å². The quantitative estimate of drug-likeness (QED) is 0.823. The molecule has 0 fully saturated rings. The Morgan fingerprint density at radius 2 is 1.81 bits per heavy atom. The molecule has 2 N–H and O–H groups in total. The van der Waals surface area contributed by atoms with Crippen LogP contribution in [0, 0.1) is 5.82 Å². The number of rotatable bonds is 1. The van der Waals surface area contributed by atoms with Crippen LogP contribution in [-0.2, 0) is 6.42 Å². The predicted octanol–water partition coefficient (Wildman–Crippen LogP) is 4.70. The zero-order valence-electron chi connectivity index (χ0n) is 11.6. The minimum Gasteiger partial charge on any atom is -0.493 e.